The Kier molecular flexibility index (Phi) is 15.4. The number of likely N-dealkylation sites (tertiary alicyclic amines) is 2. The van der Waals surface area contributed by atoms with Crippen molar-refractivity contribution in [3.63, 3.8) is 0 Å². The molecule has 0 saturated carbocycles. The smallest absolute Gasteiger partial charge is 0.307 e. The summed E-state index contributed by atoms with van der Waals surface area (Å²) in [6.45, 7) is 20.6. The molecular formula is C33H62N2O4. The fourth-order valence-electron chi connectivity index (χ4n) is 5.57. The highest BCUT2D eigenvalue weighted by Gasteiger charge is 2.23. The Labute approximate surface area is 240 Å². The number of rotatable bonds is 18. The number of carbonyl (C=O) groups excluding carboxylic acids is 2. The summed E-state index contributed by atoms with van der Waals surface area (Å²) in [7, 11) is 0. The van der Waals surface area contributed by atoms with E-state index in [1.54, 1.807) is 0 Å². The lowest BCUT2D eigenvalue weighted by Gasteiger charge is -2.33. The number of ether oxygens (including phenoxy) is 2. The number of nitrogens with zero attached hydrogens (tertiary/aromatic N) is 2. The van der Waals surface area contributed by atoms with Crippen LogP contribution in [0, 0.1) is 22.7 Å². The molecule has 2 heterocycles. The Bertz CT molecular complexity index is 634. The van der Waals surface area contributed by atoms with Crippen LogP contribution in [-0.4, -0.2) is 74.2 Å². The second kappa shape index (κ2) is 17.6. The maximum absolute atomic E-state index is 12.1. The van der Waals surface area contributed by atoms with Crippen molar-refractivity contribution in [3.05, 3.63) is 0 Å². The predicted molar refractivity (Wildman–Crippen MR) is 161 cm³/mol. The maximum atomic E-state index is 12.1. The minimum absolute atomic E-state index is 0.0402. The molecule has 0 bridgehead atoms. The first-order valence-electron chi connectivity index (χ1n) is 16.3. The van der Waals surface area contributed by atoms with Gasteiger partial charge in [-0.25, -0.2) is 0 Å². The van der Waals surface area contributed by atoms with E-state index in [-0.39, 0.29) is 22.8 Å². The number of piperidine rings is 2. The van der Waals surface area contributed by atoms with Crippen LogP contribution in [0.1, 0.15) is 125 Å². The van der Waals surface area contributed by atoms with Crippen LogP contribution in [0.15, 0.2) is 0 Å². The zero-order valence-electron chi connectivity index (χ0n) is 26.5. The zero-order chi connectivity index (χ0) is 28.7. The van der Waals surface area contributed by atoms with E-state index < -0.39 is 0 Å². The summed E-state index contributed by atoms with van der Waals surface area (Å²) in [5.41, 5.74) is 0.504. The van der Waals surface area contributed by atoms with Gasteiger partial charge in [-0.1, -0.05) is 73.6 Å². The van der Waals surface area contributed by atoms with Gasteiger partial charge in [0.2, 0.25) is 0 Å². The van der Waals surface area contributed by atoms with Crippen LogP contribution in [0.25, 0.3) is 0 Å². The fourth-order valence-corrected chi connectivity index (χ4v) is 5.57. The summed E-state index contributed by atoms with van der Waals surface area (Å²) in [4.78, 5) is 29.1. The standard InChI is InChI=1S/C33H62N2O4/c1-7-32(3,4)18-26-38-30(36)16-24-34-20-12-28(13-21-34)10-9-11-29-14-22-35(23-15-29)25-17-31(37)39-27-19-33(5,6)8-2/h28-29H,7-27H2,1-6H3. The highest BCUT2D eigenvalue weighted by molar-refractivity contribution is 5.69. The zero-order valence-corrected chi connectivity index (χ0v) is 26.5. The maximum Gasteiger partial charge on any atom is 0.307 e. The number of hydrogen-bond acceptors (Lipinski definition) is 6. The third kappa shape index (κ3) is 14.9. The molecular weight excluding hydrogens is 488 g/mol. The van der Waals surface area contributed by atoms with Gasteiger partial charge in [0, 0.05) is 13.1 Å². The van der Waals surface area contributed by atoms with Gasteiger partial charge in [0.15, 0.2) is 0 Å². The monoisotopic (exact) mass is 550 g/mol. The minimum Gasteiger partial charge on any atom is -0.466 e. The van der Waals surface area contributed by atoms with E-state index >= 15 is 0 Å². The molecule has 0 amide bonds. The second-order valence-corrected chi connectivity index (χ2v) is 14.0. The molecule has 2 rings (SSSR count). The van der Waals surface area contributed by atoms with Crippen molar-refractivity contribution in [3.8, 4) is 0 Å². The SMILES string of the molecule is CCC(C)(C)CCOC(=O)CCN1CCC(CCCC2CCN(CCC(=O)OCCC(C)(C)CC)CC2)CC1. The lowest BCUT2D eigenvalue weighted by Crippen LogP contribution is -2.36. The average molecular weight is 551 g/mol. The molecule has 2 saturated heterocycles. The topological polar surface area (TPSA) is 59.1 Å². The van der Waals surface area contributed by atoms with Gasteiger partial charge in [-0.15, -0.1) is 0 Å². The molecule has 6 nitrogen and oxygen atoms in total. The minimum atomic E-state index is -0.0402. The Morgan fingerprint density at radius 1 is 0.667 bits per heavy atom. The van der Waals surface area contributed by atoms with E-state index in [9.17, 15) is 9.59 Å². The van der Waals surface area contributed by atoms with Crippen LogP contribution >= 0.6 is 0 Å². The molecule has 0 radical (unpaired) electrons. The van der Waals surface area contributed by atoms with E-state index in [2.05, 4.69) is 51.3 Å². The van der Waals surface area contributed by atoms with E-state index in [1.807, 2.05) is 0 Å². The summed E-state index contributed by atoms with van der Waals surface area (Å²) in [5.74, 6) is 1.61. The lowest BCUT2D eigenvalue weighted by molar-refractivity contribution is -0.145. The highest BCUT2D eigenvalue weighted by atomic mass is 16.5. The van der Waals surface area contributed by atoms with Gasteiger partial charge < -0.3 is 19.3 Å². The van der Waals surface area contributed by atoms with Crippen molar-refractivity contribution in [2.24, 2.45) is 22.7 Å². The molecule has 0 spiro atoms. The fraction of sp³-hybridized carbons (Fsp3) is 0.939. The first-order chi connectivity index (χ1) is 18.5. The quantitative estimate of drug-likeness (QED) is 0.170. The van der Waals surface area contributed by atoms with Crippen LogP contribution in [0.3, 0.4) is 0 Å². The normalized spacial score (nSPS) is 18.8. The van der Waals surface area contributed by atoms with Crippen molar-refractivity contribution in [1.82, 2.24) is 9.80 Å². The van der Waals surface area contributed by atoms with Crippen LogP contribution in [-0.2, 0) is 19.1 Å². The van der Waals surface area contributed by atoms with Gasteiger partial charge >= 0.3 is 11.9 Å². The van der Waals surface area contributed by atoms with Crippen molar-refractivity contribution in [2.45, 2.75) is 125 Å². The Hall–Kier alpha value is -1.14. The predicted octanol–water partition coefficient (Wildman–Crippen LogP) is 7.10. The molecule has 2 fully saturated rings. The summed E-state index contributed by atoms with van der Waals surface area (Å²) < 4.78 is 10.9. The Balaban J connectivity index is 1.46. The van der Waals surface area contributed by atoms with Crippen molar-refractivity contribution in [1.29, 1.82) is 0 Å². The van der Waals surface area contributed by atoms with Gasteiger partial charge in [-0.2, -0.15) is 0 Å². The molecule has 2 aliphatic rings. The largest absolute Gasteiger partial charge is 0.466 e. The van der Waals surface area contributed by atoms with Crippen LogP contribution in [0.5, 0.6) is 0 Å². The highest BCUT2D eigenvalue weighted by Crippen LogP contribution is 2.28. The number of esters is 2. The molecule has 2 aliphatic heterocycles. The molecule has 0 aromatic carbocycles. The van der Waals surface area contributed by atoms with E-state index in [0.717, 1.165) is 76.8 Å². The second-order valence-electron chi connectivity index (χ2n) is 14.0. The Morgan fingerprint density at radius 3 is 1.36 bits per heavy atom. The van der Waals surface area contributed by atoms with Crippen LogP contribution in [0.4, 0.5) is 0 Å². The first kappa shape index (κ1) is 34.1. The molecule has 0 unspecified atom stereocenters. The first-order valence-corrected chi connectivity index (χ1v) is 16.3. The molecule has 39 heavy (non-hydrogen) atoms. The Morgan fingerprint density at radius 2 is 1.03 bits per heavy atom. The van der Waals surface area contributed by atoms with Crippen molar-refractivity contribution >= 4 is 11.9 Å². The third-order valence-electron chi connectivity index (χ3n) is 9.90. The average Bonchev–Trinajstić information content (AvgIpc) is 2.92. The molecule has 0 aliphatic carbocycles. The van der Waals surface area contributed by atoms with E-state index in [1.165, 1.54) is 44.9 Å². The van der Waals surface area contributed by atoms with E-state index in [0.29, 0.717) is 26.1 Å². The van der Waals surface area contributed by atoms with Gasteiger partial charge in [0.1, 0.15) is 0 Å². The van der Waals surface area contributed by atoms with Crippen molar-refractivity contribution < 1.29 is 19.1 Å². The summed E-state index contributed by atoms with van der Waals surface area (Å²) in [5, 5.41) is 0. The molecule has 0 atom stereocenters. The van der Waals surface area contributed by atoms with Gasteiger partial charge in [0.05, 0.1) is 26.1 Å². The van der Waals surface area contributed by atoms with E-state index in [4.69, 9.17) is 9.47 Å². The van der Waals surface area contributed by atoms with Gasteiger partial charge in [-0.05, 0) is 87.4 Å². The summed E-state index contributed by atoms with van der Waals surface area (Å²) in [6.07, 6.45) is 14.3. The molecule has 0 aromatic heterocycles. The number of carbonyl (C=O) groups is 2. The van der Waals surface area contributed by atoms with Crippen LogP contribution < -0.4 is 0 Å². The number of hydrogen-bond donors (Lipinski definition) is 0. The molecule has 0 aromatic rings. The van der Waals surface area contributed by atoms with Crippen molar-refractivity contribution in [2.75, 3.05) is 52.5 Å². The molecule has 6 heteroatoms. The van der Waals surface area contributed by atoms with Gasteiger partial charge in [-0.3, -0.25) is 9.59 Å². The van der Waals surface area contributed by atoms with Gasteiger partial charge in [0.25, 0.3) is 0 Å². The summed E-state index contributed by atoms with van der Waals surface area (Å²) >= 11 is 0. The van der Waals surface area contributed by atoms with Crippen LogP contribution in [0.2, 0.25) is 0 Å². The lowest BCUT2D eigenvalue weighted by atomic mass is 9.87. The molecule has 228 valence electrons. The third-order valence-corrected chi connectivity index (χ3v) is 9.90. The molecule has 0 N–H and O–H groups in total. The summed E-state index contributed by atoms with van der Waals surface area (Å²) in [6, 6.07) is 0.